The average Bonchev–Trinajstić information content (AvgIpc) is 2.41. The topological polar surface area (TPSA) is 92.9 Å². The Hall–Kier alpha value is -2.08. The van der Waals surface area contributed by atoms with Crippen molar-refractivity contribution in [3.8, 4) is 0 Å². The van der Waals surface area contributed by atoms with Crippen LogP contribution < -0.4 is 5.73 Å². The standard InChI is InChI=1S/C14H18N2O4/c15-11-3-1-10(2-4-11)7-13(17)16-5-6-20-9-12(16)8-14(18)19/h1-4,12H,5-9,15H2,(H,18,19). The minimum atomic E-state index is -0.925. The number of carbonyl (C=O) groups excluding carboxylic acids is 1. The van der Waals surface area contributed by atoms with Crippen LogP contribution in [0.25, 0.3) is 0 Å². The third-order valence-corrected chi connectivity index (χ3v) is 3.29. The van der Waals surface area contributed by atoms with Gasteiger partial charge in [-0.25, -0.2) is 0 Å². The second kappa shape index (κ2) is 6.38. The van der Waals surface area contributed by atoms with Crippen LogP contribution in [0.1, 0.15) is 12.0 Å². The Kier molecular flexibility index (Phi) is 4.57. The first kappa shape index (κ1) is 14.3. The molecule has 1 unspecified atom stereocenters. The van der Waals surface area contributed by atoms with Gasteiger partial charge in [0.2, 0.25) is 5.91 Å². The van der Waals surface area contributed by atoms with Gasteiger partial charge < -0.3 is 20.5 Å². The molecule has 3 N–H and O–H groups in total. The summed E-state index contributed by atoms with van der Waals surface area (Å²) in [5.74, 6) is -1.00. The predicted octanol–water partition coefficient (Wildman–Crippen LogP) is 0.513. The molecule has 0 aliphatic carbocycles. The largest absolute Gasteiger partial charge is 0.481 e. The molecular formula is C14H18N2O4. The van der Waals surface area contributed by atoms with Gasteiger partial charge in [-0.2, -0.15) is 0 Å². The predicted molar refractivity (Wildman–Crippen MR) is 73.1 cm³/mol. The molecule has 1 aromatic carbocycles. The number of anilines is 1. The van der Waals surface area contributed by atoms with Crippen molar-refractivity contribution >= 4 is 17.6 Å². The number of carbonyl (C=O) groups is 2. The zero-order valence-corrected chi connectivity index (χ0v) is 11.1. The summed E-state index contributed by atoms with van der Waals surface area (Å²) in [6.45, 7) is 1.16. The first-order chi connectivity index (χ1) is 9.56. The van der Waals surface area contributed by atoms with E-state index < -0.39 is 5.97 Å². The summed E-state index contributed by atoms with van der Waals surface area (Å²) >= 11 is 0. The number of morpholine rings is 1. The number of nitrogens with zero attached hydrogens (tertiary/aromatic N) is 1. The molecule has 6 nitrogen and oxygen atoms in total. The Morgan fingerprint density at radius 3 is 2.70 bits per heavy atom. The second-order valence-corrected chi connectivity index (χ2v) is 4.83. The molecule has 1 aromatic rings. The lowest BCUT2D eigenvalue weighted by Crippen LogP contribution is -2.50. The van der Waals surface area contributed by atoms with Crippen molar-refractivity contribution < 1.29 is 19.4 Å². The van der Waals surface area contributed by atoms with Gasteiger partial charge in [-0.15, -0.1) is 0 Å². The smallest absolute Gasteiger partial charge is 0.305 e. The van der Waals surface area contributed by atoms with E-state index in [9.17, 15) is 9.59 Å². The van der Waals surface area contributed by atoms with Gasteiger partial charge in [0.05, 0.1) is 32.1 Å². The molecule has 0 radical (unpaired) electrons. The molecule has 0 saturated carbocycles. The van der Waals surface area contributed by atoms with Gasteiger partial charge in [-0.1, -0.05) is 12.1 Å². The number of amides is 1. The summed E-state index contributed by atoms with van der Waals surface area (Å²) in [6.07, 6.45) is 0.157. The van der Waals surface area contributed by atoms with E-state index in [0.717, 1.165) is 5.56 Å². The van der Waals surface area contributed by atoms with E-state index in [4.69, 9.17) is 15.6 Å². The molecule has 0 bridgehead atoms. The average molecular weight is 278 g/mol. The van der Waals surface area contributed by atoms with E-state index in [1.807, 2.05) is 0 Å². The molecule has 6 heteroatoms. The van der Waals surface area contributed by atoms with Crippen molar-refractivity contribution in [1.29, 1.82) is 0 Å². The van der Waals surface area contributed by atoms with Crippen LogP contribution in [-0.2, 0) is 20.7 Å². The summed E-state index contributed by atoms with van der Waals surface area (Å²) < 4.78 is 5.26. The van der Waals surface area contributed by atoms with E-state index >= 15 is 0 Å². The normalized spacial score (nSPS) is 18.8. The molecule has 0 spiro atoms. The second-order valence-electron chi connectivity index (χ2n) is 4.83. The third-order valence-electron chi connectivity index (χ3n) is 3.29. The van der Waals surface area contributed by atoms with Crippen LogP contribution in [0.4, 0.5) is 5.69 Å². The van der Waals surface area contributed by atoms with Crippen LogP contribution in [0.15, 0.2) is 24.3 Å². The number of aliphatic carboxylic acids is 1. The maximum atomic E-state index is 12.3. The van der Waals surface area contributed by atoms with Crippen LogP contribution in [-0.4, -0.2) is 47.7 Å². The monoisotopic (exact) mass is 278 g/mol. The molecule has 1 heterocycles. The minimum absolute atomic E-state index is 0.0793. The number of ether oxygens (including phenoxy) is 1. The lowest BCUT2D eigenvalue weighted by atomic mass is 10.1. The van der Waals surface area contributed by atoms with Gasteiger partial charge in [0.1, 0.15) is 0 Å². The van der Waals surface area contributed by atoms with E-state index in [-0.39, 0.29) is 31.4 Å². The number of rotatable bonds is 4. The van der Waals surface area contributed by atoms with E-state index in [2.05, 4.69) is 0 Å². The zero-order valence-electron chi connectivity index (χ0n) is 11.1. The highest BCUT2D eigenvalue weighted by atomic mass is 16.5. The number of benzene rings is 1. The molecule has 0 aromatic heterocycles. The van der Waals surface area contributed by atoms with E-state index in [0.29, 0.717) is 18.8 Å². The maximum Gasteiger partial charge on any atom is 0.305 e. The first-order valence-electron chi connectivity index (χ1n) is 6.49. The Labute approximate surface area is 117 Å². The fourth-order valence-electron chi connectivity index (χ4n) is 2.27. The summed E-state index contributed by atoms with van der Waals surface area (Å²) in [5, 5.41) is 8.88. The number of hydrogen-bond acceptors (Lipinski definition) is 4. The van der Waals surface area contributed by atoms with Crippen molar-refractivity contribution in [2.24, 2.45) is 0 Å². The van der Waals surface area contributed by atoms with Crippen LogP contribution in [0.2, 0.25) is 0 Å². The van der Waals surface area contributed by atoms with Crippen molar-refractivity contribution in [3.63, 3.8) is 0 Å². The van der Waals surface area contributed by atoms with Crippen molar-refractivity contribution in [2.45, 2.75) is 18.9 Å². The highest BCUT2D eigenvalue weighted by Crippen LogP contribution is 2.14. The maximum absolute atomic E-state index is 12.3. The number of carboxylic acid groups (broad SMARTS) is 1. The summed E-state index contributed by atoms with van der Waals surface area (Å²) in [7, 11) is 0. The van der Waals surface area contributed by atoms with Gasteiger partial charge in [-0.05, 0) is 17.7 Å². The molecular weight excluding hydrogens is 260 g/mol. The molecule has 1 amide bonds. The van der Waals surface area contributed by atoms with Gasteiger partial charge >= 0.3 is 5.97 Å². The minimum Gasteiger partial charge on any atom is -0.481 e. The molecule has 1 atom stereocenters. The highest BCUT2D eigenvalue weighted by molar-refractivity contribution is 5.80. The van der Waals surface area contributed by atoms with Crippen molar-refractivity contribution in [3.05, 3.63) is 29.8 Å². The van der Waals surface area contributed by atoms with Crippen molar-refractivity contribution in [2.75, 3.05) is 25.5 Å². The van der Waals surface area contributed by atoms with Crippen LogP contribution in [0.5, 0.6) is 0 Å². The lowest BCUT2D eigenvalue weighted by Gasteiger charge is -2.35. The summed E-state index contributed by atoms with van der Waals surface area (Å²) in [6, 6.07) is 6.72. The molecule has 20 heavy (non-hydrogen) atoms. The van der Waals surface area contributed by atoms with Crippen LogP contribution >= 0.6 is 0 Å². The number of hydrogen-bond donors (Lipinski definition) is 2. The molecule has 1 fully saturated rings. The van der Waals surface area contributed by atoms with Crippen molar-refractivity contribution in [1.82, 2.24) is 4.90 Å². The van der Waals surface area contributed by atoms with E-state index in [1.54, 1.807) is 29.2 Å². The van der Waals surface area contributed by atoms with Gasteiger partial charge in [0.15, 0.2) is 0 Å². The fourth-order valence-corrected chi connectivity index (χ4v) is 2.27. The number of nitrogen functional groups attached to an aromatic ring is 1. The Bertz CT molecular complexity index is 486. The fraction of sp³-hybridized carbons (Fsp3) is 0.429. The Morgan fingerprint density at radius 2 is 2.05 bits per heavy atom. The molecule has 1 saturated heterocycles. The van der Waals surface area contributed by atoms with Gasteiger partial charge in [0.25, 0.3) is 0 Å². The molecule has 2 rings (SSSR count). The van der Waals surface area contributed by atoms with Crippen LogP contribution in [0, 0.1) is 0 Å². The number of nitrogens with two attached hydrogens (primary N) is 1. The molecule has 1 aliphatic rings. The Balaban J connectivity index is 2.01. The number of carboxylic acids is 1. The Morgan fingerprint density at radius 1 is 1.35 bits per heavy atom. The van der Waals surface area contributed by atoms with Crippen LogP contribution in [0.3, 0.4) is 0 Å². The molecule has 1 aliphatic heterocycles. The highest BCUT2D eigenvalue weighted by Gasteiger charge is 2.28. The van der Waals surface area contributed by atoms with Gasteiger partial charge in [-0.3, -0.25) is 9.59 Å². The SMILES string of the molecule is Nc1ccc(CC(=O)N2CCOCC2CC(=O)O)cc1. The third kappa shape index (κ3) is 3.71. The lowest BCUT2D eigenvalue weighted by molar-refractivity contribution is -0.145. The summed E-state index contributed by atoms with van der Waals surface area (Å²) in [4.78, 5) is 24.7. The summed E-state index contributed by atoms with van der Waals surface area (Å²) in [5.41, 5.74) is 7.11. The van der Waals surface area contributed by atoms with Gasteiger partial charge in [0, 0.05) is 12.2 Å². The quantitative estimate of drug-likeness (QED) is 0.783. The first-order valence-corrected chi connectivity index (χ1v) is 6.49. The van der Waals surface area contributed by atoms with E-state index in [1.165, 1.54) is 0 Å². The molecule has 108 valence electrons. The zero-order chi connectivity index (χ0) is 14.5.